The molecule has 0 saturated heterocycles. The second-order valence-electron chi connectivity index (χ2n) is 16.9. The highest BCUT2D eigenvalue weighted by molar-refractivity contribution is 7.26. The first kappa shape index (κ1) is 37.3. The zero-order valence-electron chi connectivity index (χ0n) is 35.4. The van der Waals surface area contributed by atoms with Gasteiger partial charge >= 0.3 is 0 Å². The van der Waals surface area contributed by atoms with E-state index in [0.717, 1.165) is 11.4 Å². The van der Waals surface area contributed by atoms with E-state index in [-0.39, 0.29) is 0 Å². The Bertz CT molecular complexity index is 3900. The Morgan fingerprint density at radius 3 is 1.62 bits per heavy atom. The van der Waals surface area contributed by atoms with Gasteiger partial charge in [-0.2, -0.15) is 0 Å². The van der Waals surface area contributed by atoms with E-state index in [1.807, 2.05) is 11.3 Å². The van der Waals surface area contributed by atoms with Crippen LogP contribution >= 0.6 is 11.3 Å². The van der Waals surface area contributed by atoms with E-state index < -0.39 is 0 Å². The summed E-state index contributed by atoms with van der Waals surface area (Å²) in [4.78, 5) is 2.43. The van der Waals surface area contributed by atoms with Gasteiger partial charge in [-0.3, -0.25) is 0 Å². The largest absolute Gasteiger partial charge is 0.309 e. The third-order valence-electron chi connectivity index (χ3n) is 13.2. The molecule has 11 aromatic carbocycles. The van der Waals surface area contributed by atoms with Crippen LogP contribution in [0.1, 0.15) is 0 Å². The van der Waals surface area contributed by atoms with Crippen molar-refractivity contribution < 1.29 is 0 Å². The minimum absolute atomic E-state index is 1.11. The first-order valence-corrected chi connectivity index (χ1v) is 23.1. The highest BCUT2D eigenvalue weighted by atomic mass is 32.1. The van der Waals surface area contributed by atoms with Crippen molar-refractivity contribution in [2.45, 2.75) is 0 Å². The van der Waals surface area contributed by atoms with Gasteiger partial charge < -0.3 is 9.47 Å². The lowest BCUT2D eigenvalue weighted by atomic mass is 9.97. The number of fused-ring (bicyclic) bond motifs is 9. The molecule has 65 heavy (non-hydrogen) atoms. The second kappa shape index (κ2) is 15.2. The number of nitrogens with zero attached hydrogens (tertiary/aromatic N) is 2. The van der Waals surface area contributed by atoms with E-state index in [1.54, 1.807) is 0 Å². The van der Waals surface area contributed by atoms with Crippen LogP contribution in [0.5, 0.6) is 0 Å². The maximum absolute atomic E-state index is 2.43. The van der Waals surface area contributed by atoms with Gasteiger partial charge in [-0.05, 0) is 116 Å². The predicted octanol–water partition coefficient (Wildman–Crippen LogP) is 17.9. The fourth-order valence-electron chi connectivity index (χ4n) is 10.1. The van der Waals surface area contributed by atoms with Crippen molar-refractivity contribution in [3.63, 3.8) is 0 Å². The van der Waals surface area contributed by atoms with Crippen molar-refractivity contribution in [3.05, 3.63) is 243 Å². The summed E-state index contributed by atoms with van der Waals surface area (Å²) in [7, 11) is 0. The Labute approximate surface area is 381 Å². The summed E-state index contributed by atoms with van der Waals surface area (Å²) in [6.45, 7) is 0. The average molecular weight is 845 g/mol. The molecule has 0 aliphatic rings. The summed E-state index contributed by atoms with van der Waals surface area (Å²) in [5.41, 5.74) is 14.1. The minimum atomic E-state index is 1.11. The molecule has 2 heterocycles. The summed E-state index contributed by atoms with van der Waals surface area (Å²) >= 11 is 1.86. The lowest BCUT2D eigenvalue weighted by molar-refractivity contribution is 1.18. The number of benzene rings is 11. The summed E-state index contributed by atoms with van der Waals surface area (Å²) < 4.78 is 4.99. The molecule has 2 nitrogen and oxygen atoms in total. The number of anilines is 3. The number of hydrogen-bond donors (Lipinski definition) is 0. The van der Waals surface area contributed by atoms with Crippen LogP contribution in [0.25, 0.3) is 103 Å². The van der Waals surface area contributed by atoms with Crippen molar-refractivity contribution in [2.24, 2.45) is 0 Å². The number of aromatic nitrogens is 1. The highest BCUT2D eigenvalue weighted by Crippen LogP contribution is 2.46. The first-order valence-electron chi connectivity index (χ1n) is 22.2. The smallest absolute Gasteiger partial charge is 0.0640 e. The molecule has 13 aromatic rings. The molecular weight excluding hydrogens is 805 g/mol. The van der Waals surface area contributed by atoms with E-state index in [2.05, 4.69) is 252 Å². The minimum Gasteiger partial charge on any atom is -0.309 e. The van der Waals surface area contributed by atoms with Gasteiger partial charge in [-0.1, -0.05) is 176 Å². The van der Waals surface area contributed by atoms with Crippen LogP contribution in [0.3, 0.4) is 0 Å². The van der Waals surface area contributed by atoms with Crippen LogP contribution in [-0.4, -0.2) is 4.57 Å². The molecule has 0 unspecified atom stereocenters. The molecule has 0 bridgehead atoms. The van der Waals surface area contributed by atoms with Crippen LogP contribution < -0.4 is 4.90 Å². The van der Waals surface area contributed by atoms with Crippen molar-refractivity contribution in [1.82, 2.24) is 4.57 Å². The monoisotopic (exact) mass is 844 g/mol. The molecule has 0 N–H and O–H groups in total. The standard InChI is InChI=1S/C62H40N2S/c1-2-16-50-43(13-1)27-28-47-40-45(33-38-51(47)50)42-31-36-49(37-32-42)63(60-25-12-21-56-55-20-6-10-26-61(55)65-62(56)60)48-34-29-41(30-35-48)44-14-11-15-46(39-44)52-17-3-7-22-57(52)64-58-23-8-4-18-53(58)54-19-5-9-24-59(54)64/h1-40H. The maximum Gasteiger partial charge on any atom is 0.0640 e. The van der Waals surface area contributed by atoms with E-state index in [0.29, 0.717) is 0 Å². The molecule has 0 radical (unpaired) electrons. The lowest BCUT2D eigenvalue weighted by Crippen LogP contribution is -2.10. The van der Waals surface area contributed by atoms with Gasteiger partial charge in [-0.25, -0.2) is 0 Å². The lowest BCUT2D eigenvalue weighted by Gasteiger charge is -2.26. The van der Waals surface area contributed by atoms with Crippen LogP contribution in [0.15, 0.2) is 243 Å². The predicted molar refractivity (Wildman–Crippen MR) is 280 cm³/mol. The Hall–Kier alpha value is -8.24. The molecule has 0 amide bonds. The zero-order valence-corrected chi connectivity index (χ0v) is 36.2. The van der Waals surface area contributed by atoms with E-state index in [4.69, 9.17) is 0 Å². The topological polar surface area (TPSA) is 8.17 Å². The molecule has 0 saturated carbocycles. The van der Waals surface area contributed by atoms with Gasteiger partial charge in [0.25, 0.3) is 0 Å². The van der Waals surface area contributed by atoms with Crippen molar-refractivity contribution in [3.8, 4) is 39.1 Å². The number of para-hydroxylation sites is 3. The molecule has 0 aliphatic carbocycles. The second-order valence-corrected chi connectivity index (χ2v) is 17.9. The summed E-state index contributed by atoms with van der Waals surface area (Å²) in [6.07, 6.45) is 0. The van der Waals surface area contributed by atoms with Gasteiger partial charge in [0.2, 0.25) is 0 Å². The van der Waals surface area contributed by atoms with Gasteiger partial charge in [0.1, 0.15) is 0 Å². The molecule has 2 aromatic heterocycles. The quantitative estimate of drug-likeness (QED) is 0.145. The van der Waals surface area contributed by atoms with Gasteiger partial charge in [0.05, 0.1) is 27.1 Å². The first-order chi connectivity index (χ1) is 32.2. The maximum atomic E-state index is 2.43. The Morgan fingerprint density at radius 2 is 0.862 bits per heavy atom. The number of hydrogen-bond acceptors (Lipinski definition) is 2. The zero-order chi connectivity index (χ0) is 42.8. The van der Waals surface area contributed by atoms with Crippen LogP contribution in [0, 0.1) is 0 Å². The Morgan fingerprint density at radius 1 is 0.323 bits per heavy atom. The van der Waals surface area contributed by atoms with E-state index >= 15 is 0 Å². The third kappa shape index (κ3) is 6.24. The SMILES string of the molecule is c1cc(-c2ccc(N(c3ccc(-c4ccc5c(ccc6ccccc65)c4)cc3)c3cccc4c3sc3ccccc34)cc2)cc(-c2ccccc2-n2c3ccccc3c3ccccc32)c1. The van der Waals surface area contributed by atoms with Crippen molar-refractivity contribution in [2.75, 3.05) is 4.90 Å². The molecular formula is C62H40N2S. The molecule has 3 heteroatoms. The Kier molecular flexibility index (Phi) is 8.75. The molecule has 0 atom stereocenters. The van der Waals surface area contributed by atoms with E-state index in [1.165, 1.54) is 108 Å². The summed E-state index contributed by atoms with van der Waals surface area (Å²) in [5.74, 6) is 0. The van der Waals surface area contributed by atoms with Crippen molar-refractivity contribution >= 4 is 91.9 Å². The normalized spacial score (nSPS) is 11.7. The van der Waals surface area contributed by atoms with E-state index in [9.17, 15) is 0 Å². The molecule has 0 fully saturated rings. The molecule has 13 rings (SSSR count). The van der Waals surface area contributed by atoms with Crippen LogP contribution in [0.4, 0.5) is 17.1 Å². The third-order valence-corrected chi connectivity index (χ3v) is 14.4. The fraction of sp³-hybridized carbons (Fsp3) is 0. The summed E-state index contributed by atoms with van der Waals surface area (Å²) in [5, 5.41) is 10.2. The summed E-state index contributed by atoms with van der Waals surface area (Å²) in [6, 6.07) is 88.9. The fourth-order valence-corrected chi connectivity index (χ4v) is 11.3. The Balaban J connectivity index is 0.891. The highest BCUT2D eigenvalue weighted by Gasteiger charge is 2.20. The number of rotatable bonds is 7. The molecule has 304 valence electrons. The van der Waals surface area contributed by atoms with Gasteiger partial charge in [0.15, 0.2) is 0 Å². The van der Waals surface area contributed by atoms with Gasteiger partial charge in [-0.15, -0.1) is 11.3 Å². The van der Waals surface area contributed by atoms with Crippen LogP contribution in [0.2, 0.25) is 0 Å². The van der Waals surface area contributed by atoms with Crippen LogP contribution in [-0.2, 0) is 0 Å². The molecule has 0 aliphatic heterocycles. The average Bonchev–Trinajstić information content (AvgIpc) is 3.93. The number of thiophene rings is 1. The molecule has 0 spiro atoms. The van der Waals surface area contributed by atoms with Gasteiger partial charge in [0, 0.05) is 43.2 Å². The van der Waals surface area contributed by atoms with Crippen molar-refractivity contribution in [1.29, 1.82) is 0 Å².